The van der Waals surface area contributed by atoms with Crippen molar-refractivity contribution < 1.29 is 5.11 Å². The molecule has 0 aromatic rings. The first-order valence-corrected chi connectivity index (χ1v) is 6.77. The number of aliphatic hydroxyl groups excluding tert-OH is 1. The predicted octanol–water partition coefficient (Wildman–Crippen LogP) is 4.40. The molecule has 1 saturated carbocycles. The molecule has 2 heteroatoms. The first kappa shape index (κ1) is 13.4. The van der Waals surface area contributed by atoms with Crippen molar-refractivity contribution in [1.82, 2.24) is 0 Å². The summed E-state index contributed by atoms with van der Waals surface area (Å²) < 4.78 is 0. The summed E-state index contributed by atoms with van der Waals surface area (Å²) in [7, 11) is 0. The Bertz CT molecular complexity index is 530. The highest BCUT2D eigenvalue weighted by Gasteiger charge is 2.15. The zero-order valence-electron chi connectivity index (χ0n) is 11.1. The molecule has 1 fully saturated rings. The van der Waals surface area contributed by atoms with Gasteiger partial charge in [0.15, 0.2) is 5.76 Å². The summed E-state index contributed by atoms with van der Waals surface area (Å²) in [4.78, 5) is 4.47. The average molecular weight is 253 g/mol. The summed E-state index contributed by atoms with van der Waals surface area (Å²) >= 11 is 0. The van der Waals surface area contributed by atoms with E-state index < -0.39 is 0 Å². The molecule has 0 unspecified atom stereocenters. The van der Waals surface area contributed by atoms with E-state index in [-0.39, 0.29) is 5.76 Å². The van der Waals surface area contributed by atoms with Gasteiger partial charge in [0.2, 0.25) is 0 Å². The third-order valence-corrected chi connectivity index (χ3v) is 3.43. The zero-order chi connectivity index (χ0) is 13.5. The van der Waals surface area contributed by atoms with Crippen LogP contribution in [0.1, 0.15) is 32.1 Å². The quantitative estimate of drug-likeness (QED) is 0.587. The van der Waals surface area contributed by atoms with E-state index in [9.17, 15) is 5.11 Å². The van der Waals surface area contributed by atoms with Gasteiger partial charge < -0.3 is 5.11 Å². The maximum Gasteiger partial charge on any atom is 0.167 e. The molecular formula is C17H19NO. The van der Waals surface area contributed by atoms with Crippen LogP contribution in [0.25, 0.3) is 0 Å². The topological polar surface area (TPSA) is 32.6 Å². The van der Waals surface area contributed by atoms with Gasteiger partial charge >= 0.3 is 0 Å². The lowest BCUT2D eigenvalue weighted by atomic mass is 9.87. The van der Waals surface area contributed by atoms with Crippen LogP contribution in [0.4, 0.5) is 0 Å². The van der Waals surface area contributed by atoms with Crippen LogP contribution in [0.15, 0.2) is 64.4 Å². The molecule has 0 bridgehead atoms. The number of aliphatic imine (C=N–C) groups is 1. The molecule has 1 N–H and O–H groups in total. The molecule has 2 rings (SSSR count). The van der Waals surface area contributed by atoms with Crippen LogP contribution < -0.4 is 0 Å². The van der Waals surface area contributed by atoms with Gasteiger partial charge in [-0.05, 0) is 31.1 Å². The Labute approximate surface area is 114 Å². The second-order valence-corrected chi connectivity index (χ2v) is 4.90. The third-order valence-electron chi connectivity index (χ3n) is 3.43. The number of nitrogens with zero attached hydrogens (tertiary/aromatic N) is 1. The van der Waals surface area contributed by atoms with Crippen LogP contribution in [-0.4, -0.2) is 11.3 Å². The molecule has 2 nitrogen and oxygen atoms in total. The Balaban J connectivity index is 2.02. The summed E-state index contributed by atoms with van der Waals surface area (Å²) in [5, 5.41) is 9.25. The largest absolute Gasteiger partial charge is 0.501 e. The van der Waals surface area contributed by atoms with Gasteiger partial charge in [0.25, 0.3) is 0 Å². The van der Waals surface area contributed by atoms with Crippen molar-refractivity contribution in [2.75, 3.05) is 0 Å². The normalized spacial score (nSPS) is 22.7. The summed E-state index contributed by atoms with van der Waals surface area (Å²) in [6.45, 7) is 4.08. The lowest BCUT2D eigenvalue weighted by Gasteiger charge is -2.21. The van der Waals surface area contributed by atoms with Gasteiger partial charge in [-0.2, -0.15) is 0 Å². The van der Waals surface area contributed by atoms with Gasteiger partial charge in [0, 0.05) is 29.5 Å². The fourth-order valence-corrected chi connectivity index (χ4v) is 2.31. The minimum absolute atomic E-state index is 0.0788. The maximum atomic E-state index is 9.25. The van der Waals surface area contributed by atoms with Crippen molar-refractivity contribution in [1.29, 1.82) is 0 Å². The van der Waals surface area contributed by atoms with Crippen LogP contribution in [0, 0.1) is 5.92 Å². The Kier molecular flexibility index (Phi) is 4.80. The minimum Gasteiger partial charge on any atom is -0.501 e. The van der Waals surface area contributed by atoms with E-state index >= 15 is 0 Å². The molecule has 0 aliphatic heterocycles. The Morgan fingerprint density at radius 2 is 2.11 bits per heavy atom. The number of hydrogen-bond acceptors (Lipinski definition) is 2. The molecular weight excluding hydrogens is 234 g/mol. The van der Waals surface area contributed by atoms with E-state index in [1.54, 1.807) is 18.4 Å². The lowest BCUT2D eigenvalue weighted by molar-refractivity contribution is 0.402. The van der Waals surface area contributed by atoms with Crippen LogP contribution in [0.3, 0.4) is 0 Å². The average Bonchev–Trinajstić information content (AvgIpc) is 2.42. The van der Waals surface area contributed by atoms with Gasteiger partial charge in [-0.25, -0.2) is 0 Å². The number of allylic oxidation sites excluding steroid dienone is 4. The fraction of sp³-hybridized carbons (Fsp3) is 0.353. The van der Waals surface area contributed by atoms with E-state index in [1.807, 2.05) is 6.08 Å². The molecule has 0 amide bonds. The number of aliphatic hydroxyl groups is 1. The Morgan fingerprint density at radius 1 is 1.32 bits per heavy atom. The molecule has 0 aromatic heterocycles. The molecule has 98 valence electrons. The number of hydrogen-bond donors (Lipinski definition) is 1. The van der Waals surface area contributed by atoms with Crippen molar-refractivity contribution in [3.8, 4) is 0 Å². The van der Waals surface area contributed by atoms with Crippen LogP contribution in [0.2, 0.25) is 0 Å². The highest BCUT2D eigenvalue weighted by Crippen LogP contribution is 2.29. The SMILES string of the molecule is C=C(N=C/C1=C/C=C=C(O)C=C=C1)C1CCCCC1. The first-order valence-electron chi connectivity index (χ1n) is 6.77. The third kappa shape index (κ3) is 4.30. The standard InChI is InChI=1S/C17H19NO/c1-14(16-9-3-2-4-10-16)18-13-15-7-5-11-17(19)12-6-8-15/h5,7-8,12-13,16,19H,1-4,9-10H2/b15-7+,18-13?. The molecule has 0 atom stereocenters. The second-order valence-electron chi connectivity index (χ2n) is 4.90. The highest BCUT2D eigenvalue weighted by molar-refractivity contribution is 5.83. The van der Waals surface area contributed by atoms with Gasteiger partial charge in [-0.15, -0.1) is 5.73 Å². The van der Waals surface area contributed by atoms with Crippen LogP contribution >= 0.6 is 0 Å². The summed E-state index contributed by atoms with van der Waals surface area (Å²) in [5.41, 5.74) is 7.49. The first-order chi connectivity index (χ1) is 9.25. The summed E-state index contributed by atoms with van der Waals surface area (Å²) in [5.74, 6) is 0.619. The van der Waals surface area contributed by atoms with E-state index in [1.165, 1.54) is 38.2 Å². The maximum absolute atomic E-state index is 9.25. The predicted molar refractivity (Wildman–Crippen MR) is 79.2 cm³/mol. The van der Waals surface area contributed by atoms with Crippen LogP contribution in [0.5, 0.6) is 0 Å². The molecule has 0 spiro atoms. The summed E-state index contributed by atoms with van der Waals surface area (Å²) in [6.07, 6.45) is 14.9. The second kappa shape index (κ2) is 6.80. The Hall–Kier alpha value is -2.01. The van der Waals surface area contributed by atoms with Crippen LogP contribution in [-0.2, 0) is 0 Å². The van der Waals surface area contributed by atoms with Gasteiger partial charge in [-0.1, -0.05) is 31.6 Å². The highest BCUT2D eigenvalue weighted by atomic mass is 16.3. The molecule has 0 heterocycles. The van der Waals surface area contributed by atoms with E-state index in [2.05, 4.69) is 23.0 Å². The Morgan fingerprint density at radius 3 is 2.89 bits per heavy atom. The molecule has 19 heavy (non-hydrogen) atoms. The molecule has 0 radical (unpaired) electrons. The number of rotatable bonds is 3. The fourth-order valence-electron chi connectivity index (χ4n) is 2.31. The van der Waals surface area contributed by atoms with Gasteiger partial charge in [-0.3, -0.25) is 4.99 Å². The van der Waals surface area contributed by atoms with Crippen molar-refractivity contribution in [2.45, 2.75) is 32.1 Å². The zero-order valence-corrected chi connectivity index (χ0v) is 11.1. The van der Waals surface area contributed by atoms with E-state index in [4.69, 9.17) is 0 Å². The van der Waals surface area contributed by atoms with Crippen molar-refractivity contribution in [3.63, 3.8) is 0 Å². The lowest BCUT2D eigenvalue weighted by Crippen LogP contribution is -2.07. The summed E-state index contributed by atoms with van der Waals surface area (Å²) in [6, 6.07) is 0. The monoisotopic (exact) mass is 253 g/mol. The molecule has 2 aliphatic carbocycles. The van der Waals surface area contributed by atoms with Gasteiger partial charge in [0.1, 0.15) is 0 Å². The van der Waals surface area contributed by atoms with E-state index in [0.29, 0.717) is 5.92 Å². The van der Waals surface area contributed by atoms with Gasteiger partial charge in [0.05, 0.1) is 0 Å². The smallest absolute Gasteiger partial charge is 0.167 e. The molecule has 0 saturated heterocycles. The van der Waals surface area contributed by atoms with Crippen molar-refractivity contribution >= 4 is 6.21 Å². The minimum atomic E-state index is 0.0788. The molecule has 0 aromatic carbocycles. The van der Waals surface area contributed by atoms with Crippen molar-refractivity contribution in [2.24, 2.45) is 10.9 Å². The van der Waals surface area contributed by atoms with Crippen molar-refractivity contribution in [3.05, 3.63) is 59.4 Å². The van der Waals surface area contributed by atoms with E-state index in [0.717, 1.165) is 11.3 Å². The molecule has 2 aliphatic rings.